The molecule has 0 bridgehead atoms. The standard InChI is InChI=1S/C26H38N2O8/c1-5-7-8-9-11-17-20(36-24(31)15(3)6-2)14-34-26(33)21(16(4)35-25(17)32)28-23(30)18-12-10-13-19(27)22(18)29/h10,12-13,15-17,20-21,29H,5-9,11,14,27H2,1-4H3,(H,28,30)/t15-,16+,17+,20-,21-/m0/s1. The largest absolute Gasteiger partial charge is 0.505 e. The van der Waals surface area contributed by atoms with Crippen molar-refractivity contribution in [1.82, 2.24) is 5.32 Å². The topological polar surface area (TPSA) is 154 Å². The number of nitrogens with one attached hydrogen (secondary N) is 1. The van der Waals surface area contributed by atoms with Crippen LogP contribution in [-0.2, 0) is 28.6 Å². The van der Waals surface area contributed by atoms with Gasteiger partial charge in [0.25, 0.3) is 5.91 Å². The smallest absolute Gasteiger partial charge is 0.332 e. The first-order valence-corrected chi connectivity index (χ1v) is 12.6. The van der Waals surface area contributed by atoms with E-state index in [1.807, 2.05) is 6.92 Å². The zero-order valence-electron chi connectivity index (χ0n) is 21.5. The van der Waals surface area contributed by atoms with Gasteiger partial charge < -0.3 is 30.4 Å². The number of phenolic OH excluding ortho intramolecular Hbond substituents is 1. The van der Waals surface area contributed by atoms with Crippen LogP contribution >= 0.6 is 0 Å². The second-order valence-electron chi connectivity index (χ2n) is 9.21. The van der Waals surface area contributed by atoms with E-state index in [1.165, 1.54) is 25.1 Å². The minimum absolute atomic E-state index is 0.00366. The lowest BCUT2D eigenvalue weighted by Crippen LogP contribution is -2.49. The molecule has 0 saturated carbocycles. The number of cyclic esters (lactones) is 2. The van der Waals surface area contributed by atoms with Gasteiger partial charge >= 0.3 is 17.9 Å². The molecule has 36 heavy (non-hydrogen) atoms. The third-order valence-electron chi connectivity index (χ3n) is 6.42. The fourth-order valence-electron chi connectivity index (χ4n) is 3.84. The molecule has 1 fully saturated rings. The number of carbonyl (C=O) groups excluding carboxylic acids is 4. The highest BCUT2D eigenvalue weighted by Gasteiger charge is 2.41. The number of esters is 3. The molecule has 1 aliphatic rings. The quantitative estimate of drug-likeness (QED) is 0.143. The number of nitrogen functional groups attached to an aromatic ring is 1. The third kappa shape index (κ3) is 7.60. The Labute approximate surface area is 211 Å². The van der Waals surface area contributed by atoms with Crippen molar-refractivity contribution in [2.24, 2.45) is 11.8 Å². The second-order valence-corrected chi connectivity index (χ2v) is 9.21. The van der Waals surface area contributed by atoms with E-state index in [1.54, 1.807) is 6.92 Å². The number of nitrogens with two attached hydrogens (primary N) is 1. The van der Waals surface area contributed by atoms with E-state index in [4.69, 9.17) is 19.9 Å². The van der Waals surface area contributed by atoms with E-state index in [0.717, 1.165) is 19.3 Å². The van der Waals surface area contributed by atoms with E-state index >= 15 is 0 Å². The summed E-state index contributed by atoms with van der Waals surface area (Å²) in [6.07, 6.45) is 2.47. The Kier molecular flexibility index (Phi) is 11.0. The zero-order valence-corrected chi connectivity index (χ0v) is 21.5. The summed E-state index contributed by atoms with van der Waals surface area (Å²) in [5, 5.41) is 12.6. The summed E-state index contributed by atoms with van der Waals surface area (Å²) in [5.74, 6) is -4.41. The van der Waals surface area contributed by atoms with Gasteiger partial charge in [0.1, 0.15) is 18.8 Å². The number of carbonyl (C=O) groups is 4. The Morgan fingerprint density at radius 3 is 2.58 bits per heavy atom. The number of hydrogen-bond acceptors (Lipinski definition) is 9. The van der Waals surface area contributed by atoms with E-state index in [0.29, 0.717) is 19.3 Å². The molecule has 1 heterocycles. The summed E-state index contributed by atoms with van der Waals surface area (Å²) >= 11 is 0. The first-order valence-electron chi connectivity index (χ1n) is 12.6. The van der Waals surface area contributed by atoms with E-state index < -0.39 is 53.7 Å². The molecule has 1 saturated heterocycles. The van der Waals surface area contributed by atoms with Gasteiger partial charge in [-0.1, -0.05) is 52.5 Å². The predicted octanol–water partition coefficient (Wildman–Crippen LogP) is 3.11. The van der Waals surface area contributed by atoms with Gasteiger partial charge in [0, 0.05) is 0 Å². The van der Waals surface area contributed by atoms with Crippen LogP contribution in [-0.4, -0.2) is 53.8 Å². The molecule has 1 aromatic carbocycles. The van der Waals surface area contributed by atoms with Crippen molar-refractivity contribution in [3.8, 4) is 5.75 Å². The van der Waals surface area contributed by atoms with Crippen LogP contribution in [0.5, 0.6) is 5.75 Å². The molecule has 0 aromatic heterocycles. The Hall–Kier alpha value is -3.30. The number of phenols is 1. The highest BCUT2D eigenvalue weighted by Crippen LogP contribution is 2.26. The average Bonchev–Trinajstić information content (AvgIpc) is 2.88. The van der Waals surface area contributed by atoms with Gasteiger partial charge in [-0.25, -0.2) is 4.79 Å². The van der Waals surface area contributed by atoms with Crippen molar-refractivity contribution < 1.29 is 38.5 Å². The number of ether oxygens (including phenoxy) is 3. The van der Waals surface area contributed by atoms with Crippen LogP contribution < -0.4 is 11.1 Å². The number of benzene rings is 1. The Bertz CT molecular complexity index is 935. The molecular formula is C26H38N2O8. The number of para-hydroxylation sites is 1. The van der Waals surface area contributed by atoms with Crippen LogP contribution in [0.1, 0.15) is 76.6 Å². The number of rotatable bonds is 10. The summed E-state index contributed by atoms with van der Waals surface area (Å²) in [7, 11) is 0. The SMILES string of the molecule is CCCCCC[C@H]1C(=O)O[C@H](C)[C@H](NC(=O)c2cccc(N)c2O)C(=O)OC[C@@H]1OC(=O)[C@@H](C)CC. The molecule has 200 valence electrons. The van der Waals surface area contributed by atoms with Gasteiger partial charge in [0.05, 0.1) is 23.1 Å². The van der Waals surface area contributed by atoms with Gasteiger partial charge in [-0.05, 0) is 31.9 Å². The summed E-state index contributed by atoms with van der Waals surface area (Å²) in [6, 6.07) is 2.89. The fraction of sp³-hybridized carbons (Fsp3) is 0.615. The summed E-state index contributed by atoms with van der Waals surface area (Å²) in [5.41, 5.74) is 5.51. The molecular weight excluding hydrogens is 468 g/mol. The van der Waals surface area contributed by atoms with Crippen molar-refractivity contribution >= 4 is 29.5 Å². The van der Waals surface area contributed by atoms with Crippen molar-refractivity contribution in [3.63, 3.8) is 0 Å². The lowest BCUT2D eigenvalue weighted by atomic mass is 9.95. The molecule has 2 rings (SSSR count). The van der Waals surface area contributed by atoms with Crippen LogP contribution in [0.4, 0.5) is 5.69 Å². The molecule has 0 unspecified atom stereocenters. The molecule has 0 aliphatic carbocycles. The van der Waals surface area contributed by atoms with Crippen molar-refractivity contribution in [1.29, 1.82) is 0 Å². The van der Waals surface area contributed by atoms with Crippen LogP contribution in [0.15, 0.2) is 18.2 Å². The molecule has 0 spiro atoms. The highest BCUT2D eigenvalue weighted by atomic mass is 16.6. The van der Waals surface area contributed by atoms with Crippen molar-refractivity contribution in [2.75, 3.05) is 12.3 Å². The average molecular weight is 507 g/mol. The maximum absolute atomic E-state index is 13.2. The third-order valence-corrected chi connectivity index (χ3v) is 6.42. The highest BCUT2D eigenvalue weighted by molar-refractivity contribution is 6.00. The minimum Gasteiger partial charge on any atom is -0.505 e. The monoisotopic (exact) mass is 506 g/mol. The molecule has 1 amide bonds. The molecule has 1 aromatic rings. The Morgan fingerprint density at radius 1 is 1.19 bits per heavy atom. The molecule has 0 radical (unpaired) electrons. The van der Waals surface area contributed by atoms with E-state index in [2.05, 4.69) is 12.2 Å². The van der Waals surface area contributed by atoms with E-state index in [9.17, 15) is 24.3 Å². The summed E-state index contributed by atoms with van der Waals surface area (Å²) in [4.78, 5) is 51.4. The molecule has 10 nitrogen and oxygen atoms in total. The van der Waals surface area contributed by atoms with Gasteiger partial charge in [0.15, 0.2) is 11.8 Å². The Balaban J connectivity index is 2.26. The molecule has 4 N–H and O–H groups in total. The molecule has 5 atom stereocenters. The van der Waals surface area contributed by atoms with Crippen LogP contribution in [0.25, 0.3) is 0 Å². The number of amides is 1. The maximum Gasteiger partial charge on any atom is 0.332 e. The van der Waals surface area contributed by atoms with Crippen molar-refractivity contribution in [2.45, 2.75) is 84.5 Å². The Morgan fingerprint density at radius 2 is 1.92 bits per heavy atom. The van der Waals surface area contributed by atoms with Gasteiger partial charge in [-0.3, -0.25) is 14.4 Å². The summed E-state index contributed by atoms with van der Waals surface area (Å²) < 4.78 is 16.6. The molecule has 10 heteroatoms. The van der Waals surface area contributed by atoms with Crippen LogP contribution in [0.3, 0.4) is 0 Å². The number of anilines is 1. The predicted molar refractivity (Wildman–Crippen MR) is 132 cm³/mol. The summed E-state index contributed by atoms with van der Waals surface area (Å²) in [6.45, 7) is 6.75. The fourth-order valence-corrected chi connectivity index (χ4v) is 3.84. The normalized spacial score (nSPS) is 23.3. The number of aromatic hydroxyl groups is 1. The van der Waals surface area contributed by atoms with Gasteiger partial charge in [-0.15, -0.1) is 0 Å². The van der Waals surface area contributed by atoms with Crippen LogP contribution in [0.2, 0.25) is 0 Å². The maximum atomic E-state index is 13.2. The lowest BCUT2D eigenvalue weighted by Gasteiger charge is -2.26. The first-order chi connectivity index (χ1) is 17.1. The molecule has 1 aliphatic heterocycles. The lowest BCUT2D eigenvalue weighted by molar-refractivity contribution is -0.170. The number of unbranched alkanes of at least 4 members (excludes halogenated alkanes) is 3. The van der Waals surface area contributed by atoms with Crippen LogP contribution in [0, 0.1) is 11.8 Å². The number of hydrogen-bond donors (Lipinski definition) is 3. The zero-order chi connectivity index (χ0) is 26.8. The first kappa shape index (κ1) is 28.9. The van der Waals surface area contributed by atoms with Crippen molar-refractivity contribution in [3.05, 3.63) is 23.8 Å². The van der Waals surface area contributed by atoms with Gasteiger partial charge in [-0.2, -0.15) is 0 Å². The minimum atomic E-state index is -1.35. The van der Waals surface area contributed by atoms with E-state index in [-0.39, 0.29) is 23.8 Å². The van der Waals surface area contributed by atoms with Gasteiger partial charge in [0.2, 0.25) is 0 Å². The second kappa shape index (κ2) is 13.7.